The number of aliphatic carboxylic acids is 2. The number of hydrogen-bond acceptors (Lipinski definition) is 4. The van der Waals surface area contributed by atoms with Crippen LogP contribution in [0.5, 0.6) is 0 Å². The van der Waals surface area contributed by atoms with Gasteiger partial charge < -0.3 is 20.1 Å². The van der Waals surface area contributed by atoms with Gasteiger partial charge in [-0.2, -0.15) is 0 Å². The van der Waals surface area contributed by atoms with Crippen molar-refractivity contribution in [3.8, 4) is 11.1 Å². The molecule has 0 spiro atoms. The molecule has 0 fully saturated rings. The summed E-state index contributed by atoms with van der Waals surface area (Å²) in [6.45, 7) is 4.65. The number of hydrogen-bond donors (Lipinski definition) is 3. The van der Waals surface area contributed by atoms with Crippen molar-refractivity contribution < 1.29 is 34.4 Å². The summed E-state index contributed by atoms with van der Waals surface area (Å²) in [5.41, 5.74) is -2.28. The van der Waals surface area contributed by atoms with Crippen molar-refractivity contribution in [3.05, 3.63) is 59.7 Å². The summed E-state index contributed by atoms with van der Waals surface area (Å²) in [4.78, 5) is 35.4. The zero-order chi connectivity index (χ0) is 21.1. The van der Waals surface area contributed by atoms with Gasteiger partial charge >= 0.3 is 17.9 Å². The molecule has 0 saturated carbocycles. The van der Waals surface area contributed by atoms with E-state index in [1.165, 1.54) is 12.1 Å². The third kappa shape index (κ3) is 4.55. The number of benzene rings is 2. The van der Waals surface area contributed by atoms with E-state index < -0.39 is 35.5 Å². The topological polar surface area (TPSA) is 121 Å². The zero-order valence-electron chi connectivity index (χ0n) is 15.8. The van der Waals surface area contributed by atoms with Gasteiger partial charge in [0.2, 0.25) is 0 Å². The first-order valence-corrected chi connectivity index (χ1v) is 8.55. The van der Waals surface area contributed by atoms with Gasteiger partial charge in [-0.25, -0.2) is 14.4 Å². The lowest BCUT2D eigenvalue weighted by atomic mass is 9.90. The Bertz CT molecular complexity index is 881. The summed E-state index contributed by atoms with van der Waals surface area (Å²) >= 11 is 0. The second kappa shape index (κ2) is 7.82. The molecule has 0 radical (unpaired) electrons. The van der Waals surface area contributed by atoms with Gasteiger partial charge in [-0.15, -0.1) is 0 Å². The Hall–Kier alpha value is -3.19. The second-order valence-electron chi connectivity index (χ2n) is 7.38. The van der Waals surface area contributed by atoms with Gasteiger partial charge in [0.1, 0.15) is 0 Å². The van der Waals surface area contributed by atoms with Crippen LogP contribution in [0.15, 0.2) is 48.5 Å². The van der Waals surface area contributed by atoms with Crippen molar-refractivity contribution in [1.82, 2.24) is 0 Å². The molecule has 0 atom stereocenters. The van der Waals surface area contributed by atoms with Crippen LogP contribution in [0.2, 0.25) is 0 Å². The maximum atomic E-state index is 11.8. The van der Waals surface area contributed by atoms with Crippen molar-refractivity contribution in [2.45, 2.75) is 38.4 Å². The lowest BCUT2D eigenvalue weighted by Crippen LogP contribution is -2.54. The molecule has 148 valence electrons. The number of rotatable bonds is 7. The quantitative estimate of drug-likeness (QED) is 0.624. The van der Waals surface area contributed by atoms with Crippen molar-refractivity contribution in [2.75, 3.05) is 0 Å². The van der Waals surface area contributed by atoms with E-state index in [1.807, 2.05) is 0 Å². The standard InChI is InChI=1S/C21H22O7/c1-20(2,3)28-21(18(24)25,19(26)27)12-13-9-10-15(16(11-13)17(22)23)14-7-5-4-6-8-14/h4-11H,12H2,1-3H3,(H,22,23)(H,24,25)(H,26,27). The van der Waals surface area contributed by atoms with Crippen LogP contribution in [0.4, 0.5) is 0 Å². The predicted octanol–water partition coefficient (Wildman–Crippen LogP) is 3.32. The highest BCUT2D eigenvalue weighted by molar-refractivity contribution is 6.02. The molecule has 0 unspecified atom stereocenters. The zero-order valence-corrected chi connectivity index (χ0v) is 15.8. The molecule has 0 aromatic heterocycles. The SMILES string of the molecule is CC(C)(C)OC(Cc1ccc(-c2ccccc2)c(C(=O)O)c1)(C(=O)O)C(=O)O. The summed E-state index contributed by atoms with van der Waals surface area (Å²) in [6, 6.07) is 13.2. The van der Waals surface area contributed by atoms with Crippen LogP contribution >= 0.6 is 0 Å². The second-order valence-corrected chi connectivity index (χ2v) is 7.38. The van der Waals surface area contributed by atoms with Gasteiger partial charge in [-0.1, -0.05) is 42.5 Å². The van der Waals surface area contributed by atoms with Crippen molar-refractivity contribution in [3.63, 3.8) is 0 Å². The lowest BCUT2D eigenvalue weighted by molar-refractivity contribution is -0.199. The van der Waals surface area contributed by atoms with Crippen molar-refractivity contribution >= 4 is 17.9 Å². The molecule has 2 rings (SSSR count). The van der Waals surface area contributed by atoms with Gasteiger partial charge in [0.25, 0.3) is 5.60 Å². The molecule has 0 amide bonds. The molecule has 0 aliphatic heterocycles. The summed E-state index contributed by atoms with van der Waals surface area (Å²) in [7, 11) is 0. The van der Waals surface area contributed by atoms with E-state index in [9.17, 15) is 29.7 Å². The number of carboxylic acid groups (broad SMARTS) is 3. The normalized spacial score (nSPS) is 11.8. The first-order valence-electron chi connectivity index (χ1n) is 8.55. The summed E-state index contributed by atoms with van der Waals surface area (Å²) in [5.74, 6) is -4.51. The highest BCUT2D eigenvalue weighted by atomic mass is 16.6. The average Bonchev–Trinajstić information content (AvgIpc) is 2.60. The maximum absolute atomic E-state index is 11.8. The molecular weight excluding hydrogens is 364 g/mol. The van der Waals surface area contributed by atoms with E-state index in [2.05, 4.69) is 0 Å². The molecule has 7 nitrogen and oxygen atoms in total. The molecule has 0 saturated heterocycles. The summed E-state index contributed by atoms with van der Waals surface area (Å²) in [6.07, 6.45) is -0.524. The van der Waals surface area contributed by atoms with Crippen LogP contribution in [-0.2, 0) is 20.7 Å². The Labute approximate surface area is 162 Å². The minimum atomic E-state index is -2.54. The number of carboxylic acids is 3. The fourth-order valence-corrected chi connectivity index (χ4v) is 2.92. The Morgan fingerprint density at radius 2 is 1.46 bits per heavy atom. The monoisotopic (exact) mass is 386 g/mol. The van der Waals surface area contributed by atoms with E-state index in [-0.39, 0.29) is 11.1 Å². The van der Waals surface area contributed by atoms with Crippen LogP contribution in [0.3, 0.4) is 0 Å². The minimum absolute atomic E-state index is 0.0517. The highest BCUT2D eigenvalue weighted by Crippen LogP contribution is 2.29. The lowest BCUT2D eigenvalue weighted by Gasteiger charge is -2.33. The number of aromatic carboxylic acids is 1. The third-order valence-corrected chi connectivity index (χ3v) is 4.02. The molecule has 0 bridgehead atoms. The molecule has 2 aromatic carbocycles. The van der Waals surface area contributed by atoms with E-state index in [1.54, 1.807) is 57.2 Å². The smallest absolute Gasteiger partial charge is 0.348 e. The number of carbonyl (C=O) groups is 3. The Morgan fingerprint density at radius 3 is 1.93 bits per heavy atom. The van der Waals surface area contributed by atoms with Crippen molar-refractivity contribution in [1.29, 1.82) is 0 Å². The molecule has 0 heterocycles. The van der Waals surface area contributed by atoms with E-state index in [4.69, 9.17) is 4.74 Å². The Morgan fingerprint density at radius 1 is 0.893 bits per heavy atom. The first-order chi connectivity index (χ1) is 13.0. The molecule has 7 heteroatoms. The molecule has 3 N–H and O–H groups in total. The van der Waals surface area contributed by atoms with Gasteiger partial charge in [0.15, 0.2) is 0 Å². The Balaban J connectivity index is 2.54. The van der Waals surface area contributed by atoms with Gasteiger partial charge in [-0.3, -0.25) is 0 Å². The minimum Gasteiger partial charge on any atom is -0.479 e. The fourth-order valence-electron chi connectivity index (χ4n) is 2.92. The molecule has 28 heavy (non-hydrogen) atoms. The van der Waals surface area contributed by atoms with E-state index >= 15 is 0 Å². The van der Waals surface area contributed by atoms with Gasteiger partial charge in [0, 0.05) is 6.42 Å². The first kappa shape index (κ1) is 21.1. The largest absolute Gasteiger partial charge is 0.479 e. The van der Waals surface area contributed by atoms with E-state index in [0.717, 1.165) is 0 Å². The predicted molar refractivity (Wildman–Crippen MR) is 101 cm³/mol. The average molecular weight is 386 g/mol. The van der Waals surface area contributed by atoms with Crippen LogP contribution < -0.4 is 0 Å². The summed E-state index contributed by atoms with van der Waals surface area (Å²) in [5, 5.41) is 28.8. The van der Waals surface area contributed by atoms with E-state index in [0.29, 0.717) is 11.1 Å². The third-order valence-electron chi connectivity index (χ3n) is 4.02. The van der Waals surface area contributed by atoms with Crippen LogP contribution in [0.1, 0.15) is 36.7 Å². The maximum Gasteiger partial charge on any atom is 0.348 e. The fraction of sp³-hybridized carbons (Fsp3) is 0.286. The Kier molecular flexibility index (Phi) is 5.89. The molecule has 2 aromatic rings. The molecular formula is C21H22O7. The van der Waals surface area contributed by atoms with Gasteiger partial charge in [0.05, 0.1) is 11.2 Å². The molecule has 0 aliphatic rings. The van der Waals surface area contributed by atoms with Crippen LogP contribution in [0.25, 0.3) is 11.1 Å². The van der Waals surface area contributed by atoms with Crippen LogP contribution in [0, 0.1) is 0 Å². The summed E-state index contributed by atoms with van der Waals surface area (Å²) < 4.78 is 5.42. The van der Waals surface area contributed by atoms with Gasteiger partial charge in [-0.05, 0) is 43.5 Å². The van der Waals surface area contributed by atoms with Crippen LogP contribution in [-0.4, -0.2) is 44.4 Å². The molecule has 0 aliphatic carbocycles. The number of ether oxygens (including phenoxy) is 1. The van der Waals surface area contributed by atoms with Crippen molar-refractivity contribution in [2.24, 2.45) is 0 Å². The highest BCUT2D eigenvalue weighted by Gasteiger charge is 2.50.